The highest BCUT2D eigenvalue weighted by Gasteiger charge is 2.24. The largest absolute Gasteiger partial charge is 0.381 e. The maximum Gasteiger partial charge on any atom is 0.222 e. The van der Waals surface area contributed by atoms with Crippen molar-refractivity contribution in [1.29, 1.82) is 0 Å². The molecule has 5 heteroatoms. The maximum absolute atomic E-state index is 13.2. The number of benzene rings is 1. The van der Waals surface area contributed by atoms with Gasteiger partial charge >= 0.3 is 0 Å². The molecule has 0 bridgehead atoms. The molecule has 1 aromatic carbocycles. The molecule has 1 amide bonds. The van der Waals surface area contributed by atoms with E-state index < -0.39 is 0 Å². The van der Waals surface area contributed by atoms with Crippen LogP contribution in [0, 0.1) is 11.7 Å². The van der Waals surface area contributed by atoms with Gasteiger partial charge in [0.25, 0.3) is 0 Å². The number of ether oxygens (including phenoxy) is 1. The van der Waals surface area contributed by atoms with Crippen molar-refractivity contribution in [3.63, 3.8) is 0 Å². The summed E-state index contributed by atoms with van der Waals surface area (Å²) in [5.74, 6) is 0.580. The predicted octanol–water partition coefficient (Wildman–Crippen LogP) is 2.29. The van der Waals surface area contributed by atoms with Crippen molar-refractivity contribution in [2.24, 2.45) is 5.92 Å². The molecule has 2 fully saturated rings. The van der Waals surface area contributed by atoms with E-state index in [1.54, 1.807) is 12.1 Å². The Morgan fingerprint density at radius 2 is 1.91 bits per heavy atom. The molecule has 0 radical (unpaired) electrons. The molecular weight excluding hydrogens is 295 g/mol. The van der Waals surface area contributed by atoms with E-state index >= 15 is 0 Å². The summed E-state index contributed by atoms with van der Waals surface area (Å²) < 4.78 is 18.6. The van der Waals surface area contributed by atoms with Crippen LogP contribution in [0.5, 0.6) is 0 Å². The molecule has 0 atom stereocenters. The van der Waals surface area contributed by atoms with Gasteiger partial charge in [0.2, 0.25) is 5.91 Å². The summed E-state index contributed by atoms with van der Waals surface area (Å²) in [5.41, 5.74) is 0.993. The van der Waals surface area contributed by atoms with Crippen LogP contribution in [-0.2, 0) is 16.1 Å². The van der Waals surface area contributed by atoms with Gasteiger partial charge in [0.1, 0.15) is 5.82 Å². The fourth-order valence-electron chi connectivity index (χ4n) is 3.38. The lowest BCUT2D eigenvalue weighted by Crippen LogP contribution is -2.48. The second kappa shape index (κ2) is 7.88. The summed E-state index contributed by atoms with van der Waals surface area (Å²) >= 11 is 0. The molecule has 0 aliphatic carbocycles. The molecule has 0 aromatic heterocycles. The fourth-order valence-corrected chi connectivity index (χ4v) is 3.38. The molecule has 1 aromatic rings. The smallest absolute Gasteiger partial charge is 0.222 e. The first-order valence-electron chi connectivity index (χ1n) is 8.53. The van der Waals surface area contributed by atoms with E-state index in [9.17, 15) is 9.18 Å². The van der Waals surface area contributed by atoms with Crippen LogP contribution in [0.1, 0.15) is 24.8 Å². The third-order valence-corrected chi connectivity index (χ3v) is 4.82. The zero-order valence-electron chi connectivity index (χ0n) is 13.5. The second-order valence-corrected chi connectivity index (χ2v) is 6.55. The first-order chi connectivity index (χ1) is 11.2. The normalized spacial score (nSPS) is 20.7. The Balaban J connectivity index is 1.43. The van der Waals surface area contributed by atoms with Gasteiger partial charge in [-0.2, -0.15) is 0 Å². The SMILES string of the molecule is O=C(CC1CCOCC1)N1CCN(Cc2cccc(F)c2)CC1. The topological polar surface area (TPSA) is 32.8 Å². The Bertz CT molecular complexity index is 524. The standard InChI is InChI=1S/C18H25FN2O2/c19-17-3-1-2-16(12-17)14-20-6-8-21(9-7-20)18(22)13-15-4-10-23-11-5-15/h1-3,12,15H,4-11,13-14H2. The monoisotopic (exact) mass is 320 g/mol. The van der Waals surface area contributed by atoms with Crippen LogP contribution in [0.3, 0.4) is 0 Å². The van der Waals surface area contributed by atoms with Crippen molar-refractivity contribution in [1.82, 2.24) is 9.80 Å². The molecule has 0 N–H and O–H groups in total. The molecule has 23 heavy (non-hydrogen) atoms. The van der Waals surface area contributed by atoms with E-state index in [4.69, 9.17) is 4.74 Å². The summed E-state index contributed by atoms with van der Waals surface area (Å²) in [5, 5.41) is 0. The van der Waals surface area contributed by atoms with Crippen LogP contribution in [0.2, 0.25) is 0 Å². The van der Waals surface area contributed by atoms with Crippen molar-refractivity contribution in [2.45, 2.75) is 25.8 Å². The highest BCUT2D eigenvalue weighted by atomic mass is 19.1. The van der Waals surface area contributed by atoms with Gasteiger partial charge in [-0.1, -0.05) is 12.1 Å². The van der Waals surface area contributed by atoms with Crippen LogP contribution in [0.25, 0.3) is 0 Å². The molecule has 2 aliphatic heterocycles. The van der Waals surface area contributed by atoms with Gasteiger partial charge in [-0.3, -0.25) is 9.69 Å². The average molecular weight is 320 g/mol. The van der Waals surface area contributed by atoms with Crippen LogP contribution < -0.4 is 0 Å². The third kappa shape index (κ3) is 4.75. The van der Waals surface area contributed by atoms with Crippen LogP contribution in [-0.4, -0.2) is 55.1 Å². The number of hydrogen-bond donors (Lipinski definition) is 0. The number of carbonyl (C=O) groups excluding carboxylic acids is 1. The molecule has 2 heterocycles. The Morgan fingerprint density at radius 1 is 1.17 bits per heavy atom. The summed E-state index contributed by atoms with van der Waals surface area (Å²) in [6.45, 7) is 5.60. The Kier molecular flexibility index (Phi) is 5.62. The van der Waals surface area contributed by atoms with Crippen molar-refractivity contribution in [3.8, 4) is 0 Å². The van der Waals surface area contributed by atoms with E-state index in [-0.39, 0.29) is 11.7 Å². The molecule has 0 spiro atoms. The molecule has 0 unspecified atom stereocenters. The highest BCUT2D eigenvalue weighted by molar-refractivity contribution is 5.76. The van der Waals surface area contributed by atoms with Crippen molar-refractivity contribution < 1.29 is 13.9 Å². The third-order valence-electron chi connectivity index (χ3n) is 4.82. The number of amides is 1. The first-order valence-corrected chi connectivity index (χ1v) is 8.53. The zero-order chi connectivity index (χ0) is 16.1. The first kappa shape index (κ1) is 16.4. The summed E-state index contributed by atoms with van der Waals surface area (Å²) in [6, 6.07) is 6.75. The zero-order valence-corrected chi connectivity index (χ0v) is 13.5. The molecule has 3 rings (SSSR count). The summed E-state index contributed by atoms with van der Waals surface area (Å²) in [6.07, 6.45) is 2.67. The van der Waals surface area contributed by atoms with Crippen molar-refractivity contribution in [2.75, 3.05) is 39.4 Å². The van der Waals surface area contributed by atoms with Crippen molar-refractivity contribution in [3.05, 3.63) is 35.6 Å². The van der Waals surface area contributed by atoms with Crippen LogP contribution >= 0.6 is 0 Å². The molecule has 2 saturated heterocycles. The molecule has 2 aliphatic rings. The lowest BCUT2D eigenvalue weighted by molar-refractivity contribution is -0.134. The van der Waals surface area contributed by atoms with E-state index in [0.29, 0.717) is 12.3 Å². The van der Waals surface area contributed by atoms with Gasteiger partial charge < -0.3 is 9.64 Å². The highest BCUT2D eigenvalue weighted by Crippen LogP contribution is 2.20. The van der Waals surface area contributed by atoms with E-state index in [1.807, 2.05) is 11.0 Å². The number of halogens is 1. The number of carbonyl (C=O) groups is 1. The minimum absolute atomic E-state index is 0.187. The van der Waals surface area contributed by atoms with Crippen molar-refractivity contribution >= 4 is 5.91 Å². The van der Waals surface area contributed by atoms with E-state index in [2.05, 4.69) is 4.90 Å². The summed E-state index contributed by atoms with van der Waals surface area (Å²) in [7, 11) is 0. The van der Waals surface area contributed by atoms with Gasteiger partial charge in [-0.05, 0) is 36.5 Å². The van der Waals surface area contributed by atoms with Gasteiger partial charge in [-0.25, -0.2) is 4.39 Å². The van der Waals surface area contributed by atoms with E-state index in [1.165, 1.54) is 6.07 Å². The van der Waals surface area contributed by atoms with E-state index in [0.717, 1.165) is 64.3 Å². The lowest BCUT2D eigenvalue weighted by atomic mass is 9.96. The second-order valence-electron chi connectivity index (χ2n) is 6.55. The number of nitrogens with zero attached hydrogens (tertiary/aromatic N) is 2. The quantitative estimate of drug-likeness (QED) is 0.853. The Morgan fingerprint density at radius 3 is 2.61 bits per heavy atom. The van der Waals surface area contributed by atoms with Gasteiger partial charge in [-0.15, -0.1) is 0 Å². The molecular formula is C18H25FN2O2. The maximum atomic E-state index is 13.2. The fraction of sp³-hybridized carbons (Fsp3) is 0.611. The van der Waals surface area contributed by atoms with Gasteiger partial charge in [0.15, 0.2) is 0 Å². The molecule has 126 valence electrons. The lowest BCUT2D eigenvalue weighted by Gasteiger charge is -2.35. The average Bonchev–Trinajstić information content (AvgIpc) is 2.56. The summed E-state index contributed by atoms with van der Waals surface area (Å²) in [4.78, 5) is 16.7. The molecule has 0 saturated carbocycles. The number of piperazine rings is 1. The Hall–Kier alpha value is -1.46. The molecule has 4 nitrogen and oxygen atoms in total. The minimum Gasteiger partial charge on any atom is -0.381 e. The van der Waals surface area contributed by atoms with Gasteiger partial charge in [0, 0.05) is 52.4 Å². The Labute approximate surface area is 137 Å². The predicted molar refractivity (Wildman–Crippen MR) is 86.4 cm³/mol. The van der Waals surface area contributed by atoms with Crippen LogP contribution in [0.4, 0.5) is 4.39 Å². The number of hydrogen-bond acceptors (Lipinski definition) is 3. The minimum atomic E-state index is -0.187. The van der Waals surface area contributed by atoms with Crippen LogP contribution in [0.15, 0.2) is 24.3 Å². The van der Waals surface area contributed by atoms with Gasteiger partial charge in [0.05, 0.1) is 0 Å². The number of rotatable bonds is 4.